The number of hydrogen-bond acceptors (Lipinski definition) is 7. The van der Waals surface area contributed by atoms with Crippen molar-refractivity contribution in [3.8, 4) is 0 Å². The predicted octanol–water partition coefficient (Wildman–Crippen LogP) is -1.59. The summed E-state index contributed by atoms with van der Waals surface area (Å²) in [5.74, 6) is -1.09. The summed E-state index contributed by atoms with van der Waals surface area (Å²) in [7, 11) is 4.53. The lowest BCUT2D eigenvalue weighted by Crippen LogP contribution is -2.51. The Kier molecular flexibility index (Phi) is 7.10. The van der Waals surface area contributed by atoms with E-state index in [1.54, 1.807) is 4.90 Å². The van der Waals surface area contributed by atoms with Crippen LogP contribution < -0.4 is 0 Å². The number of amides is 1. The van der Waals surface area contributed by atoms with Crippen LogP contribution in [0, 0.1) is 0 Å². The SMILES string of the molecule is COC(=O)CN(CC(=O)OC)CC(=O)N1CCN(C)CC1. The molecule has 0 saturated carbocycles. The van der Waals surface area contributed by atoms with Crippen LogP contribution in [0.5, 0.6) is 0 Å². The molecule has 0 aromatic heterocycles. The Hall–Kier alpha value is -1.67. The van der Waals surface area contributed by atoms with Crippen molar-refractivity contribution in [1.29, 1.82) is 0 Å². The molecule has 0 aromatic carbocycles. The third kappa shape index (κ3) is 6.09. The summed E-state index contributed by atoms with van der Waals surface area (Å²) in [4.78, 5) is 40.2. The van der Waals surface area contributed by atoms with Gasteiger partial charge < -0.3 is 19.3 Å². The summed E-state index contributed by atoms with van der Waals surface area (Å²) in [5, 5.41) is 0. The molecule has 0 atom stereocenters. The van der Waals surface area contributed by atoms with Crippen LogP contribution in [-0.4, -0.2) is 99.6 Å². The number of ether oxygens (including phenoxy) is 2. The largest absolute Gasteiger partial charge is 0.468 e. The van der Waals surface area contributed by atoms with Crippen molar-refractivity contribution in [3.05, 3.63) is 0 Å². The van der Waals surface area contributed by atoms with Gasteiger partial charge >= 0.3 is 11.9 Å². The minimum absolute atomic E-state index is 0.00604. The predicted molar refractivity (Wildman–Crippen MR) is 74.5 cm³/mol. The van der Waals surface area contributed by atoms with Crippen molar-refractivity contribution >= 4 is 17.8 Å². The highest BCUT2D eigenvalue weighted by atomic mass is 16.5. The number of carbonyl (C=O) groups excluding carboxylic acids is 3. The fourth-order valence-electron chi connectivity index (χ4n) is 2.01. The third-order valence-electron chi connectivity index (χ3n) is 3.38. The van der Waals surface area contributed by atoms with E-state index in [9.17, 15) is 14.4 Å². The summed E-state index contributed by atoms with van der Waals surface area (Å²) >= 11 is 0. The molecular weight excluding hydrogens is 278 g/mol. The van der Waals surface area contributed by atoms with Crippen LogP contribution in [0.3, 0.4) is 0 Å². The van der Waals surface area contributed by atoms with Gasteiger partial charge in [0.15, 0.2) is 0 Å². The molecule has 0 aromatic rings. The van der Waals surface area contributed by atoms with Gasteiger partial charge in [0.25, 0.3) is 0 Å². The molecule has 0 unspecified atom stereocenters. The van der Waals surface area contributed by atoms with E-state index in [0.717, 1.165) is 13.1 Å². The van der Waals surface area contributed by atoms with Gasteiger partial charge in [0.1, 0.15) is 0 Å². The molecule has 0 bridgehead atoms. The van der Waals surface area contributed by atoms with E-state index in [1.807, 2.05) is 7.05 Å². The third-order valence-corrected chi connectivity index (χ3v) is 3.38. The first-order chi connectivity index (χ1) is 9.96. The second-order valence-electron chi connectivity index (χ2n) is 4.98. The highest BCUT2D eigenvalue weighted by molar-refractivity contribution is 5.81. The van der Waals surface area contributed by atoms with Crippen molar-refractivity contribution in [2.75, 3.05) is 67.1 Å². The zero-order valence-electron chi connectivity index (χ0n) is 12.8. The summed E-state index contributed by atoms with van der Waals surface area (Å²) in [6.07, 6.45) is 0. The summed E-state index contributed by atoms with van der Waals surface area (Å²) in [6.45, 7) is 2.70. The maximum atomic E-state index is 12.2. The molecule has 1 heterocycles. The van der Waals surface area contributed by atoms with Gasteiger partial charge in [0.2, 0.25) is 5.91 Å². The van der Waals surface area contributed by atoms with Crippen molar-refractivity contribution < 1.29 is 23.9 Å². The van der Waals surface area contributed by atoms with E-state index in [-0.39, 0.29) is 25.5 Å². The molecule has 8 nitrogen and oxygen atoms in total. The van der Waals surface area contributed by atoms with Crippen molar-refractivity contribution in [1.82, 2.24) is 14.7 Å². The Morgan fingerprint density at radius 1 is 0.905 bits per heavy atom. The molecule has 1 aliphatic rings. The molecule has 0 spiro atoms. The molecule has 1 saturated heterocycles. The Bertz CT molecular complexity index is 362. The average molecular weight is 301 g/mol. The van der Waals surface area contributed by atoms with Crippen molar-refractivity contribution in [2.24, 2.45) is 0 Å². The van der Waals surface area contributed by atoms with Gasteiger partial charge in [-0.3, -0.25) is 19.3 Å². The minimum atomic E-state index is -0.495. The maximum Gasteiger partial charge on any atom is 0.319 e. The smallest absolute Gasteiger partial charge is 0.319 e. The zero-order valence-corrected chi connectivity index (χ0v) is 12.8. The van der Waals surface area contributed by atoms with Gasteiger partial charge in [-0.15, -0.1) is 0 Å². The minimum Gasteiger partial charge on any atom is -0.468 e. The van der Waals surface area contributed by atoms with Gasteiger partial charge in [0.05, 0.1) is 33.9 Å². The molecule has 21 heavy (non-hydrogen) atoms. The maximum absolute atomic E-state index is 12.2. The van der Waals surface area contributed by atoms with Crippen LogP contribution >= 0.6 is 0 Å². The Morgan fingerprint density at radius 3 is 1.81 bits per heavy atom. The number of likely N-dealkylation sites (N-methyl/N-ethyl adjacent to an activating group) is 1. The van der Waals surface area contributed by atoms with Gasteiger partial charge in [0, 0.05) is 26.2 Å². The van der Waals surface area contributed by atoms with Crippen molar-refractivity contribution in [3.63, 3.8) is 0 Å². The second-order valence-corrected chi connectivity index (χ2v) is 4.98. The van der Waals surface area contributed by atoms with E-state index >= 15 is 0 Å². The molecule has 1 aliphatic heterocycles. The van der Waals surface area contributed by atoms with Crippen LogP contribution in [0.4, 0.5) is 0 Å². The number of nitrogens with zero attached hydrogens (tertiary/aromatic N) is 3. The molecule has 1 fully saturated rings. The van der Waals surface area contributed by atoms with E-state index in [0.29, 0.717) is 13.1 Å². The number of rotatable bonds is 6. The van der Waals surface area contributed by atoms with Crippen molar-refractivity contribution in [2.45, 2.75) is 0 Å². The normalized spacial score (nSPS) is 15.9. The Morgan fingerprint density at radius 2 is 1.38 bits per heavy atom. The average Bonchev–Trinajstić information content (AvgIpc) is 2.47. The van der Waals surface area contributed by atoms with Gasteiger partial charge in [-0.1, -0.05) is 0 Å². The number of hydrogen-bond donors (Lipinski definition) is 0. The van der Waals surface area contributed by atoms with E-state index in [1.165, 1.54) is 19.1 Å². The quantitative estimate of drug-likeness (QED) is 0.547. The summed E-state index contributed by atoms with van der Waals surface area (Å²) in [6, 6.07) is 0. The summed E-state index contributed by atoms with van der Waals surface area (Å²) in [5.41, 5.74) is 0. The first-order valence-corrected chi connectivity index (χ1v) is 6.78. The van der Waals surface area contributed by atoms with Crippen LogP contribution in [-0.2, 0) is 23.9 Å². The molecule has 120 valence electrons. The lowest BCUT2D eigenvalue weighted by molar-refractivity contribution is -0.147. The van der Waals surface area contributed by atoms with Gasteiger partial charge in [-0.05, 0) is 7.05 Å². The number of piperazine rings is 1. The first kappa shape index (κ1) is 17.4. The van der Waals surface area contributed by atoms with Gasteiger partial charge in [-0.25, -0.2) is 0 Å². The first-order valence-electron chi connectivity index (χ1n) is 6.78. The van der Waals surface area contributed by atoms with Crippen LogP contribution in [0.2, 0.25) is 0 Å². The number of methoxy groups -OCH3 is 2. The standard InChI is InChI=1S/C13H23N3O5/c1-14-4-6-16(7-5-14)11(17)8-15(9-12(18)20-2)10-13(19)21-3/h4-10H2,1-3H3. The second kappa shape index (κ2) is 8.58. The van der Waals surface area contributed by atoms with E-state index in [2.05, 4.69) is 14.4 Å². The highest BCUT2D eigenvalue weighted by Gasteiger charge is 2.23. The van der Waals surface area contributed by atoms with Gasteiger partial charge in [-0.2, -0.15) is 0 Å². The molecule has 8 heteroatoms. The number of esters is 2. The molecular formula is C13H23N3O5. The van der Waals surface area contributed by atoms with E-state index in [4.69, 9.17) is 0 Å². The fraction of sp³-hybridized carbons (Fsp3) is 0.769. The zero-order chi connectivity index (χ0) is 15.8. The Labute approximate surface area is 124 Å². The van der Waals surface area contributed by atoms with Crippen LogP contribution in [0.15, 0.2) is 0 Å². The Balaban J connectivity index is 2.55. The molecule has 1 amide bonds. The molecule has 0 aliphatic carbocycles. The van der Waals surface area contributed by atoms with Crippen LogP contribution in [0.1, 0.15) is 0 Å². The highest BCUT2D eigenvalue weighted by Crippen LogP contribution is 2.02. The van der Waals surface area contributed by atoms with E-state index < -0.39 is 11.9 Å². The number of carbonyl (C=O) groups is 3. The lowest BCUT2D eigenvalue weighted by atomic mass is 10.3. The van der Waals surface area contributed by atoms with Crippen LogP contribution in [0.25, 0.3) is 0 Å². The topological polar surface area (TPSA) is 79.4 Å². The molecule has 0 radical (unpaired) electrons. The molecule has 0 N–H and O–H groups in total. The fourth-order valence-corrected chi connectivity index (χ4v) is 2.01. The summed E-state index contributed by atoms with van der Waals surface area (Å²) < 4.78 is 9.15. The monoisotopic (exact) mass is 301 g/mol. The lowest BCUT2D eigenvalue weighted by Gasteiger charge is -2.33. The molecule has 1 rings (SSSR count).